The largest absolute Gasteiger partial charge is 0.355 e. The molecule has 3 heterocycles. The number of hydrogen-bond acceptors (Lipinski definition) is 5. The van der Waals surface area contributed by atoms with E-state index in [9.17, 15) is 4.79 Å². The zero-order chi connectivity index (χ0) is 15.4. The van der Waals surface area contributed by atoms with E-state index in [0.29, 0.717) is 5.92 Å². The van der Waals surface area contributed by atoms with Gasteiger partial charge >= 0.3 is 0 Å². The summed E-state index contributed by atoms with van der Waals surface area (Å²) in [4.78, 5) is 15.9. The molecule has 1 amide bonds. The number of anilines is 1. The van der Waals surface area contributed by atoms with Crippen LogP contribution in [0, 0.1) is 5.92 Å². The van der Waals surface area contributed by atoms with Gasteiger partial charge in [-0.05, 0) is 50.2 Å². The molecular formula is C16H25N5O. The Morgan fingerprint density at radius 3 is 2.68 bits per heavy atom. The average molecular weight is 303 g/mol. The number of nitrogens with zero attached hydrogens (tertiary/aromatic N) is 4. The maximum atomic E-state index is 11.7. The standard InChI is InChI=1S/C16H25N5O/c17-11-16(22)21-9-3-4-13(12-21)10-14-5-6-15(19-18-14)20-7-1-2-8-20/h5-6,13H,1-4,7-12,17H2. The molecule has 2 saturated heterocycles. The van der Waals surface area contributed by atoms with Crippen molar-refractivity contribution >= 4 is 11.7 Å². The fraction of sp³-hybridized carbons (Fsp3) is 0.688. The lowest BCUT2D eigenvalue weighted by Gasteiger charge is -2.32. The molecular weight excluding hydrogens is 278 g/mol. The number of amides is 1. The van der Waals surface area contributed by atoms with Crippen LogP contribution < -0.4 is 10.6 Å². The van der Waals surface area contributed by atoms with Crippen LogP contribution in [0.5, 0.6) is 0 Å². The van der Waals surface area contributed by atoms with Gasteiger partial charge in [0.2, 0.25) is 5.91 Å². The van der Waals surface area contributed by atoms with Crippen LogP contribution in [-0.2, 0) is 11.2 Å². The summed E-state index contributed by atoms with van der Waals surface area (Å²) in [5, 5.41) is 8.76. The maximum absolute atomic E-state index is 11.7. The molecule has 2 aliphatic rings. The Kier molecular flexibility index (Phi) is 4.87. The number of piperidine rings is 1. The Balaban J connectivity index is 1.57. The molecule has 0 radical (unpaired) electrons. The summed E-state index contributed by atoms with van der Waals surface area (Å²) >= 11 is 0. The van der Waals surface area contributed by atoms with Crippen molar-refractivity contribution in [2.24, 2.45) is 11.7 Å². The lowest BCUT2D eigenvalue weighted by molar-refractivity contribution is -0.131. The van der Waals surface area contributed by atoms with Gasteiger partial charge in [0.25, 0.3) is 0 Å². The topological polar surface area (TPSA) is 75.4 Å². The third-order valence-electron chi connectivity index (χ3n) is 4.68. The van der Waals surface area contributed by atoms with Gasteiger partial charge in [-0.3, -0.25) is 4.79 Å². The van der Waals surface area contributed by atoms with Crippen LogP contribution in [0.4, 0.5) is 5.82 Å². The van der Waals surface area contributed by atoms with Crippen molar-refractivity contribution in [3.63, 3.8) is 0 Å². The van der Waals surface area contributed by atoms with E-state index in [1.54, 1.807) is 0 Å². The second-order valence-electron chi connectivity index (χ2n) is 6.33. The second kappa shape index (κ2) is 7.05. The molecule has 1 aromatic rings. The van der Waals surface area contributed by atoms with Crippen LogP contribution in [0.3, 0.4) is 0 Å². The minimum Gasteiger partial charge on any atom is -0.355 e. The molecule has 1 unspecified atom stereocenters. The van der Waals surface area contributed by atoms with Crippen molar-refractivity contribution in [2.45, 2.75) is 32.1 Å². The van der Waals surface area contributed by atoms with E-state index in [2.05, 4.69) is 27.2 Å². The van der Waals surface area contributed by atoms with Crippen molar-refractivity contribution < 1.29 is 4.79 Å². The first-order valence-corrected chi connectivity index (χ1v) is 8.31. The highest BCUT2D eigenvalue weighted by molar-refractivity contribution is 5.78. The van der Waals surface area contributed by atoms with E-state index in [1.807, 2.05) is 4.90 Å². The van der Waals surface area contributed by atoms with Gasteiger partial charge in [0.05, 0.1) is 12.2 Å². The molecule has 120 valence electrons. The van der Waals surface area contributed by atoms with Crippen LogP contribution in [0.2, 0.25) is 0 Å². The van der Waals surface area contributed by atoms with E-state index in [4.69, 9.17) is 5.73 Å². The van der Waals surface area contributed by atoms with Crippen molar-refractivity contribution in [1.29, 1.82) is 0 Å². The van der Waals surface area contributed by atoms with Crippen LogP contribution in [0.15, 0.2) is 12.1 Å². The Morgan fingerprint density at radius 1 is 1.18 bits per heavy atom. The molecule has 2 fully saturated rings. The first-order chi connectivity index (χ1) is 10.8. The highest BCUT2D eigenvalue weighted by Crippen LogP contribution is 2.21. The van der Waals surface area contributed by atoms with Gasteiger partial charge in [-0.2, -0.15) is 5.10 Å². The Bertz CT molecular complexity index is 498. The summed E-state index contributed by atoms with van der Waals surface area (Å²) in [7, 11) is 0. The zero-order valence-corrected chi connectivity index (χ0v) is 13.1. The molecule has 0 saturated carbocycles. The first kappa shape index (κ1) is 15.2. The van der Waals surface area contributed by atoms with Gasteiger partial charge in [0, 0.05) is 26.2 Å². The number of nitrogens with two attached hydrogens (primary N) is 1. The molecule has 22 heavy (non-hydrogen) atoms. The van der Waals surface area contributed by atoms with Crippen LogP contribution >= 0.6 is 0 Å². The summed E-state index contributed by atoms with van der Waals surface area (Å²) in [5.74, 6) is 1.51. The van der Waals surface area contributed by atoms with E-state index >= 15 is 0 Å². The maximum Gasteiger partial charge on any atom is 0.236 e. The predicted molar refractivity (Wildman–Crippen MR) is 85.5 cm³/mol. The molecule has 3 rings (SSSR count). The van der Waals surface area contributed by atoms with Crippen molar-refractivity contribution in [2.75, 3.05) is 37.6 Å². The monoisotopic (exact) mass is 303 g/mol. The SMILES string of the molecule is NCC(=O)N1CCCC(Cc2ccc(N3CCCC3)nn2)C1. The van der Waals surface area contributed by atoms with E-state index in [-0.39, 0.29) is 12.5 Å². The van der Waals surface area contributed by atoms with Gasteiger partial charge in [-0.15, -0.1) is 5.10 Å². The molecule has 6 heteroatoms. The van der Waals surface area contributed by atoms with Gasteiger partial charge in [0.15, 0.2) is 5.82 Å². The smallest absolute Gasteiger partial charge is 0.236 e. The molecule has 0 spiro atoms. The van der Waals surface area contributed by atoms with Crippen molar-refractivity contribution in [1.82, 2.24) is 15.1 Å². The van der Waals surface area contributed by atoms with Crippen LogP contribution in [0.25, 0.3) is 0 Å². The quantitative estimate of drug-likeness (QED) is 0.891. The van der Waals surface area contributed by atoms with Gasteiger partial charge in [-0.25, -0.2) is 0 Å². The lowest BCUT2D eigenvalue weighted by atomic mass is 9.93. The Labute approximate surface area is 131 Å². The first-order valence-electron chi connectivity index (χ1n) is 8.31. The molecule has 2 aliphatic heterocycles. The fourth-order valence-electron chi connectivity index (χ4n) is 3.46. The molecule has 0 aromatic carbocycles. The number of hydrogen-bond donors (Lipinski definition) is 1. The molecule has 0 bridgehead atoms. The number of carbonyl (C=O) groups excluding carboxylic acids is 1. The minimum absolute atomic E-state index is 0.0557. The highest BCUT2D eigenvalue weighted by atomic mass is 16.2. The summed E-state index contributed by atoms with van der Waals surface area (Å²) in [6.45, 7) is 3.92. The van der Waals surface area contributed by atoms with Crippen molar-refractivity contribution in [3.8, 4) is 0 Å². The number of likely N-dealkylation sites (tertiary alicyclic amines) is 1. The molecule has 2 N–H and O–H groups in total. The third-order valence-corrected chi connectivity index (χ3v) is 4.68. The molecule has 6 nitrogen and oxygen atoms in total. The Morgan fingerprint density at radius 2 is 2.00 bits per heavy atom. The fourth-order valence-corrected chi connectivity index (χ4v) is 3.46. The van der Waals surface area contributed by atoms with E-state index in [0.717, 1.165) is 57.0 Å². The third kappa shape index (κ3) is 3.55. The average Bonchev–Trinajstić information content (AvgIpc) is 3.09. The summed E-state index contributed by atoms with van der Waals surface area (Å²) < 4.78 is 0. The van der Waals surface area contributed by atoms with E-state index in [1.165, 1.54) is 12.8 Å². The van der Waals surface area contributed by atoms with Gasteiger partial charge in [-0.1, -0.05) is 0 Å². The van der Waals surface area contributed by atoms with Gasteiger partial charge < -0.3 is 15.5 Å². The van der Waals surface area contributed by atoms with Crippen LogP contribution in [0.1, 0.15) is 31.4 Å². The normalized spacial score (nSPS) is 22.1. The lowest BCUT2D eigenvalue weighted by Crippen LogP contribution is -2.43. The molecule has 1 aromatic heterocycles. The van der Waals surface area contributed by atoms with Crippen LogP contribution in [-0.4, -0.2) is 53.7 Å². The zero-order valence-electron chi connectivity index (χ0n) is 13.1. The summed E-state index contributed by atoms with van der Waals surface area (Å²) in [5.41, 5.74) is 6.48. The number of rotatable bonds is 4. The number of aromatic nitrogens is 2. The minimum atomic E-state index is 0.0557. The molecule has 0 aliphatic carbocycles. The predicted octanol–water partition coefficient (Wildman–Crippen LogP) is 0.817. The van der Waals surface area contributed by atoms with Crippen molar-refractivity contribution in [3.05, 3.63) is 17.8 Å². The summed E-state index contributed by atoms with van der Waals surface area (Å²) in [6.07, 6.45) is 5.58. The Hall–Kier alpha value is -1.69. The van der Waals surface area contributed by atoms with E-state index < -0.39 is 0 Å². The molecule has 1 atom stereocenters. The van der Waals surface area contributed by atoms with Gasteiger partial charge in [0.1, 0.15) is 0 Å². The highest BCUT2D eigenvalue weighted by Gasteiger charge is 2.23. The number of carbonyl (C=O) groups is 1. The summed E-state index contributed by atoms with van der Waals surface area (Å²) in [6, 6.07) is 4.17. The second-order valence-corrected chi connectivity index (χ2v) is 6.33.